The lowest BCUT2D eigenvalue weighted by atomic mass is 9.92. The van der Waals surface area contributed by atoms with E-state index < -0.39 is 17.6 Å². The van der Waals surface area contributed by atoms with Crippen molar-refractivity contribution < 1.29 is 22.8 Å². The maximum atomic E-state index is 13.8. The van der Waals surface area contributed by atoms with Crippen molar-refractivity contribution in [1.29, 1.82) is 0 Å². The first kappa shape index (κ1) is 21.5. The number of carbonyl (C=O) groups excluding carboxylic acids is 2. The van der Waals surface area contributed by atoms with Gasteiger partial charge in [-0.2, -0.15) is 0 Å². The average molecular weight is 455 g/mol. The summed E-state index contributed by atoms with van der Waals surface area (Å²) in [6, 6.07) is 4.99. The van der Waals surface area contributed by atoms with Gasteiger partial charge in [-0.05, 0) is 30.5 Å². The highest BCUT2D eigenvalue weighted by Gasteiger charge is 2.37. The number of nitrogens with one attached hydrogen (secondary N) is 1. The normalized spacial score (nSPS) is 18.5. The van der Waals surface area contributed by atoms with Gasteiger partial charge >= 0.3 is 6.03 Å². The van der Waals surface area contributed by atoms with Gasteiger partial charge in [0, 0.05) is 37.5 Å². The Kier molecular flexibility index (Phi) is 5.63. The number of benzene rings is 1. The number of hydrogen-bond donors (Lipinski definition) is 2. The van der Waals surface area contributed by atoms with Crippen LogP contribution in [0.5, 0.6) is 0 Å². The van der Waals surface area contributed by atoms with Crippen LogP contribution in [0.4, 0.5) is 18.0 Å². The van der Waals surface area contributed by atoms with E-state index in [1.165, 1.54) is 23.1 Å². The van der Waals surface area contributed by atoms with E-state index >= 15 is 0 Å². The molecular formula is C21H22ClF3N4O2. The first-order valence-electron chi connectivity index (χ1n) is 10.1. The minimum absolute atomic E-state index is 0.0715. The predicted molar refractivity (Wildman–Crippen MR) is 109 cm³/mol. The van der Waals surface area contributed by atoms with E-state index in [0.29, 0.717) is 29.9 Å². The van der Waals surface area contributed by atoms with Crippen LogP contribution in [-0.2, 0) is 13.1 Å². The van der Waals surface area contributed by atoms with E-state index in [2.05, 4.69) is 5.32 Å². The van der Waals surface area contributed by atoms with E-state index in [-0.39, 0.29) is 55.0 Å². The molecule has 2 aliphatic rings. The van der Waals surface area contributed by atoms with Crippen LogP contribution in [0.15, 0.2) is 24.3 Å². The maximum absolute atomic E-state index is 13.8. The SMILES string of the molecule is NC(=O)c1c(-c2cccc(F)c2)c(Cl)n2c1CN(C(=O)NC1CCC(F)(F)CC1)CC2. The molecule has 6 nitrogen and oxygen atoms in total. The van der Waals surface area contributed by atoms with E-state index in [1.807, 2.05) is 0 Å². The Morgan fingerprint density at radius 3 is 2.55 bits per heavy atom. The lowest BCUT2D eigenvalue weighted by Gasteiger charge is -2.33. The summed E-state index contributed by atoms with van der Waals surface area (Å²) < 4.78 is 42.2. The molecule has 1 aliphatic heterocycles. The molecule has 0 radical (unpaired) electrons. The van der Waals surface area contributed by atoms with Crippen molar-refractivity contribution in [3.8, 4) is 11.1 Å². The van der Waals surface area contributed by atoms with E-state index in [4.69, 9.17) is 17.3 Å². The fraction of sp³-hybridized carbons (Fsp3) is 0.429. The molecule has 0 unspecified atom stereocenters. The second-order valence-electron chi connectivity index (χ2n) is 8.02. The monoisotopic (exact) mass is 454 g/mol. The molecule has 2 aromatic rings. The Balaban J connectivity index is 1.58. The molecule has 1 aromatic carbocycles. The zero-order chi connectivity index (χ0) is 22.3. The summed E-state index contributed by atoms with van der Waals surface area (Å²) in [5.74, 6) is -3.88. The number of hydrogen-bond acceptors (Lipinski definition) is 2. The van der Waals surface area contributed by atoms with Crippen LogP contribution in [0.3, 0.4) is 0 Å². The number of rotatable bonds is 3. The summed E-state index contributed by atoms with van der Waals surface area (Å²) in [5.41, 5.74) is 6.99. The third-order valence-corrected chi connectivity index (χ3v) is 6.33. The standard InChI is InChI=1S/C21H22ClF3N4O2/c22-18-16(12-2-1-3-13(23)10-12)17(19(26)30)15-11-28(8-9-29(15)18)20(31)27-14-4-6-21(24,25)7-5-14/h1-3,10,14H,4-9,11H2,(H2,26,30)(H,27,31). The summed E-state index contributed by atoms with van der Waals surface area (Å²) in [5, 5.41) is 3.07. The third-order valence-electron chi connectivity index (χ3n) is 5.93. The van der Waals surface area contributed by atoms with Gasteiger partial charge in [0.15, 0.2) is 0 Å². The number of nitrogens with zero attached hydrogens (tertiary/aromatic N) is 2. The molecule has 0 spiro atoms. The molecule has 1 fully saturated rings. The quantitative estimate of drug-likeness (QED) is 0.730. The Bertz CT molecular complexity index is 1030. The zero-order valence-electron chi connectivity index (χ0n) is 16.6. The summed E-state index contributed by atoms with van der Waals surface area (Å²) in [7, 11) is 0. The number of aromatic nitrogens is 1. The van der Waals surface area contributed by atoms with Crippen molar-refractivity contribution in [3.63, 3.8) is 0 Å². The van der Waals surface area contributed by atoms with Crippen LogP contribution in [-0.4, -0.2) is 39.9 Å². The minimum Gasteiger partial charge on any atom is -0.366 e. The highest BCUT2D eigenvalue weighted by molar-refractivity contribution is 6.33. The average Bonchev–Trinajstić information content (AvgIpc) is 3.01. The molecule has 4 rings (SSSR count). The first-order chi connectivity index (χ1) is 14.7. The molecule has 1 aromatic heterocycles. The number of halogens is 4. The minimum atomic E-state index is -2.67. The predicted octanol–water partition coefficient (Wildman–Crippen LogP) is 4.15. The number of amides is 3. The van der Waals surface area contributed by atoms with Crippen molar-refractivity contribution >= 4 is 23.5 Å². The Morgan fingerprint density at radius 1 is 1.19 bits per heavy atom. The number of urea groups is 1. The maximum Gasteiger partial charge on any atom is 0.318 e. The van der Waals surface area contributed by atoms with Gasteiger partial charge in [0.25, 0.3) is 5.91 Å². The van der Waals surface area contributed by atoms with Gasteiger partial charge < -0.3 is 20.5 Å². The van der Waals surface area contributed by atoms with Crippen molar-refractivity contribution in [3.05, 3.63) is 46.5 Å². The van der Waals surface area contributed by atoms with Gasteiger partial charge in [-0.15, -0.1) is 0 Å². The number of fused-ring (bicyclic) bond motifs is 1. The molecule has 1 aliphatic carbocycles. The second-order valence-corrected chi connectivity index (χ2v) is 8.37. The van der Waals surface area contributed by atoms with E-state index in [1.54, 1.807) is 10.6 Å². The van der Waals surface area contributed by atoms with Crippen molar-refractivity contribution in [2.24, 2.45) is 5.73 Å². The highest BCUT2D eigenvalue weighted by atomic mass is 35.5. The van der Waals surface area contributed by atoms with Gasteiger partial charge in [-0.3, -0.25) is 4.79 Å². The summed E-state index contributed by atoms with van der Waals surface area (Å²) in [4.78, 5) is 26.5. The van der Waals surface area contributed by atoms with Crippen LogP contribution >= 0.6 is 11.6 Å². The summed E-state index contributed by atoms with van der Waals surface area (Å²) in [6.45, 7) is 0.707. The van der Waals surface area contributed by atoms with E-state index in [0.717, 1.165) is 0 Å². The summed E-state index contributed by atoms with van der Waals surface area (Å²) in [6.07, 6.45) is -0.0749. The van der Waals surface area contributed by atoms with Crippen LogP contribution in [0.1, 0.15) is 41.7 Å². The van der Waals surface area contributed by atoms with Crippen molar-refractivity contribution in [2.45, 2.75) is 50.7 Å². The highest BCUT2D eigenvalue weighted by Crippen LogP contribution is 2.38. The smallest absolute Gasteiger partial charge is 0.318 e. The lowest BCUT2D eigenvalue weighted by Crippen LogP contribution is -2.49. The van der Waals surface area contributed by atoms with Crippen molar-refractivity contribution in [2.75, 3.05) is 6.54 Å². The second kappa shape index (κ2) is 8.11. The van der Waals surface area contributed by atoms with Crippen LogP contribution < -0.4 is 11.1 Å². The third kappa shape index (κ3) is 4.23. The first-order valence-corrected chi connectivity index (χ1v) is 10.4. The largest absolute Gasteiger partial charge is 0.366 e. The molecule has 166 valence electrons. The Morgan fingerprint density at radius 2 is 1.90 bits per heavy atom. The van der Waals surface area contributed by atoms with Gasteiger partial charge in [0.2, 0.25) is 5.92 Å². The van der Waals surface area contributed by atoms with Crippen molar-refractivity contribution in [1.82, 2.24) is 14.8 Å². The number of carbonyl (C=O) groups is 2. The molecule has 2 heterocycles. The fourth-order valence-corrected chi connectivity index (χ4v) is 4.70. The molecule has 3 N–H and O–H groups in total. The van der Waals surface area contributed by atoms with Gasteiger partial charge in [0.05, 0.1) is 17.8 Å². The summed E-state index contributed by atoms with van der Waals surface area (Å²) >= 11 is 6.53. The molecular weight excluding hydrogens is 433 g/mol. The molecule has 0 bridgehead atoms. The number of nitrogens with two attached hydrogens (primary N) is 1. The molecule has 31 heavy (non-hydrogen) atoms. The van der Waals surface area contributed by atoms with Crippen LogP contribution in [0, 0.1) is 5.82 Å². The molecule has 0 atom stereocenters. The fourth-order valence-electron chi connectivity index (χ4n) is 4.31. The Hall–Kier alpha value is -2.68. The molecule has 10 heteroatoms. The zero-order valence-corrected chi connectivity index (χ0v) is 17.4. The van der Waals surface area contributed by atoms with Gasteiger partial charge in [0.1, 0.15) is 11.0 Å². The van der Waals surface area contributed by atoms with Crippen LogP contribution in [0.2, 0.25) is 5.15 Å². The topological polar surface area (TPSA) is 80.4 Å². The Labute approximate surface area is 182 Å². The van der Waals surface area contributed by atoms with E-state index in [9.17, 15) is 22.8 Å². The van der Waals surface area contributed by atoms with Gasteiger partial charge in [-0.1, -0.05) is 23.7 Å². The molecule has 3 amide bonds. The van der Waals surface area contributed by atoms with Crippen LogP contribution in [0.25, 0.3) is 11.1 Å². The molecule has 0 saturated heterocycles. The number of alkyl halides is 2. The van der Waals surface area contributed by atoms with Gasteiger partial charge in [-0.25, -0.2) is 18.0 Å². The number of primary amides is 1. The molecule has 1 saturated carbocycles. The lowest BCUT2D eigenvalue weighted by molar-refractivity contribution is -0.0398.